The Labute approximate surface area is 144 Å². The van der Waals surface area contributed by atoms with Crippen LogP contribution in [-0.2, 0) is 16.1 Å². The van der Waals surface area contributed by atoms with Crippen LogP contribution in [0.1, 0.15) is 15.9 Å². The van der Waals surface area contributed by atoms with Crippen molar-refractivity contribution in [2.75, 3.05) is 26.0 Å². The number of carbonyl (C=O) groups is 2. The highest BCUT2D eigenvalue weighted by atomic mass is 19.2. The van der Waals surface area contributed by atoms with E-state index in [2.05, 4.69) is 10.1 Å². The van der Waals surface area contributed by atoms with Gasteiger partial charge in [0, 0.05) is 12.1 Å². The number of benzene rings is 2. The Morgan fingerprint density at radius 2 is 1.88 bits per heavy atom. The maximum Gasteiger partial charge on any atom is 0.319 e. The van der Waals surface area contributed by atoms with Crippen LogP contribution in [0.5, 0.6) is 0 Å². The molecule has 0 spiro atoms. The van der Waals surface area contributed by atoms with Gasteiger partial charge in [-0.15, -0.1) is 0 Å². The average molecular weight is 348 g/mol. The van der Waals surface area contributed by atoms with Crippen LogP contribution in [0.3, 0.4) is 0 Å². The van der Waals surface area contributed by atoms with Gasteiger partial charge in [-0.1, -0.05) is 18.2 Å². The van der Waals surface area contributed by atoms with Gasteiger partial charge in [0.15, 0.2) is 11.6 Å². The van der Waals surface area contributed by atoms with Crippen molar-refractivity contribution in [3.8, 4) is 0 Å². The minimum atomic E-state index is -1.11. The minimum absolute atomic E-state index is 0.113. The molecule has 0 aliphatic heterocycles. The van der Waals surface area contributed by atoms with Gasteiger partial charge in [0.1, 0.15) is 0 Å². The molecule has 0 unspecified atom stereocenters. The number of ether oxygens (including phenoxy) is 1. The first-order chi connectivity index (χ1) is 11.9. The van der Waals surface area contributed by atoms with Gasteiger partial charge in [-0.2, -0.15) is 0 Å². The fourth-order valence-corrected chi connectivity index (χ4v) is 2.26. The predicted octanol–water partition coefficient (Wildman–Crippen LogP) is 2.82. The number of carbonyl (C=O) groups excluding carboxylic acids is 2. The van der Waals surface area contributed by atoms with Crippen LogP contribution in [0, 0.1) is 11.6 Å². The normalized spacial score (nSPS) is 10.6. The van der Waals surface area contributed by atoms with Crippen molar-refractivity contribution in [1.82, 2.24) is 4.90 Å². The van der Waals surface area contributed by atoms with Gasteiger partial charge in [0.05, 0.1) is 19.3 Å². The molecule has 0 radical (unpaired) electrons. The smallest absolute Gasteiger partial charge is 0.319 e. The van der Waals surface area contributed by atoms with Gasteiger partial charge in [-0.3, -0.25) is 14.5 Å². The Morgan fingerprint density at radius 1 is 1.16 bits per heavy atom. The Morgan fingerprint density at radius 3 is 2.60 bits per heavy atom. The summed E-state index contributed by atoms with van der Waals surface area (Å²) in [5.74, 6) is -3.05. The predicted molar refractivity (Wildman–Crippen MR) is 89.1 cm³/mol. The molecule has 0 atom stereocenters. The number of methoxy groups -OCH3 is 1. The van der Waals surface area contributed by atoms with E-state index in [0.29, 0.717) is 12.1 Å². The van der Waals surface area contributed by atoms with E-state index in [9.17, 15) is 18.4 Å². The molecule has 2 rings (SSSR count). The fraction of sp³-hybridized carbons (Fsp3) is 0.222. The lowest BCUT2D eigenvalue weighted by Crippen LogP contribution is -2.26. The lowest BCUT2D eigenvalue weighted by Gasteiger charge is -2.15. The van der Waals surface area contributed by atoms with E-state index < -0.39 is 17.5 Å². The summed E-state index contributed by atoms with van der Waals surface area (Å²) in [6, 6.07) is 10.2. The van der Waals surface area contributed by atoms with Crippen LogP contribution in [0.15, 0.2) is 42.5 Å². The molecule has 132 valence electrons. The van der Waals surface area contributed by atoms with Crippen molar-refractivity contribution in [1.29, 1.82) is 0 Å². The topological polar surface area (TPSA) is 58.6 Å². The van der Waals surface area contributed by atoms with E-state index in [0.717, 1.165) is 11.6 Å². The van der Waals surface area contributed by atoms with E-state index in [1.54, 1.807) is 36.2 Å². The summed E-state index contributed by atoms with van der Waals surface area (Å²) >= 11 is 0. The Balaban J connectivity index is 2.08. The van der Waals surface area contributed by atoms with Crippen molar-refractivity contribution >= 4 is 17.6 Å². The molecule has 2 aromatic carbocycles. The molecule has 1 amide bonds. The Kier molecular flexibility index (Phi) is 6.19. The number of halogens is 2. The Bertz CT molecular complexity index is 781. The van der Waals surface area contributed by atoms with Crippen LogP contribution in [0.25, 0.3) is 0 Å². The lowest BCUT2D eigenvalue weighted by molar-refractivity contribution is -0.141. The highest BCUT2D eigenvalue weighted by Gasteiger charge is 2.13. The molecule has 0 saturated heterocycles. The third kappa shape index (κ3) is 5.09. The van der Waals surface area contributed by atoms with Gasteiger partial charge in [-0.25, -0.2) is 8.78 Å². The van der Waals surface area contributed by atoms with Gasteiger partial charge in [-0.05, 0) is 36.9 Å². The number of hydrogen-bond acceptors (Lipinski definition) is 4. The van der Waals surface area contributed by atoms with E-state index in [1.807, 2.05) is 0 Å². The van der Waals surface area contributed by atoms with Crippen LogP contribution >= 0.6 is 0 Å². The maximum absolute atomic E-state index is 13.6. The third-order valence-electron chi connectivity index (χ3n) is 3.47. The first kappa shape index (κ1) is 18.5. The molecule has 0 aromatic heterocycles. The molecule has 1 N–H and O–H groups in total. The number of esters is 1. The number of hydrogen-bond donors (Lipinski definition) is 1. The van der Waals surface area contributed by atoms with Gasteiger partial charge >= 0.3 is 5.97 Å². The van der Waals surface area contributed by atoms with Gasteiger partial charge < -0.3 is 10.1 Å². The molecule has 25 heavy (non-hydrogen) atoms. The molecule has 0 fully saturated rings. The molecular formula is C18H18F2N2O3. The highest BCUT2D eigenvalue weighted by molar-refractivity contribution is 6.04. The zero-order valence-corrected chi connectivity index (χ0v) is 13.9. The zero-order chi connectivity index (χ0) is 18.4. The minimum Gasteiger partial charge on any atom is -0.468 e. The summed E-state index contributed by atoms with van der Waals surface area (Å²) in [4.78, 5) is 25.2. The quantitative estimate of drug-likeness (QED) is 0.816. The van der Waals surface area contributed by atoms with E-state index in [4.69, 9.17) is 0 Å². The van der Waals surface area contributed by atoms with Crippen molar-refractivity contribution in [2.24, 2.45) is 0 Å². The maximum atomic E-state index is 13.6. The molecule has 0 saturated carbocycles. The lowest BCUT2D eigenvalue weighted by atomic mass is 10.1. The molecule has 5 nitrogen and oxygen atoms in total. The number of anilines is 1. The number of rotatable bonds is 6. The first-order valence-electron chi connectivity index (χ1n) is 7.50. The number of amides is 1. The molecule has 0 heterocycles. The number of likely N-dealkylation sites (N-methyl/N-ethyl adjacent to an activating group) is 1. The summed E-state index contributed by atoms with van der Waals surface area (Å²) in [7, 11) is 3.05. The van der Waals surface area contributed by atoms with Crippen LogP contribution in [0.2, 0.25) is 0 Å². The summed E-state index contributed by atoms with van der Waals surface area (Å²) in [6.45, 7) is 0.534. The van der Waals surface area contributed by atoms with Crippen molar-refractivity contribution in [3.05, 3.63) is 65.2 Å². The van der Waals surface area contributed by atoms with Crippen LogP contribution in [0.4, 0.5) is 14.5 Å². The van der Waals surface area contributed by atoms with Crippen molar-refractivity contribution < 1.29 is 23.1 Å². The van der Waals surface area contributed by atoms with Crippen LogP contribution in [-0.4, -0.2) is 37.5 Å². The Hall–Kier alpha value is -2.80. The molecule has 2 aromatic rings. The summed E-state index contributed by atoms with van der Waals surface area (Å²) in [5, 5.41) is 2.35. The molecule has 0 aliphatic rings. The van der Waals surface area contributed by atoms with E-state index in [1.165, 1.54) is 19.2 Å². The van der Waals surface area contributed by atoms with E-state index >= 15 is 0 Å². The van der Waals surface area contributed by atoms with Gasteiger partial charge in [0.25, 0.3) is 5.91 Å². The highest BCUT2D eigenvalue weighted by Crippen LogP contribution is 2.18. The van der Waals surface area contributed by atoms with Crippen molar-refractivity contribution in [3.63, 3.8) is 0 Å². The monoisotopic (exact) mass is 348 g/mol. The second-order valence-electron chi connectivity index (χ2n) is 5.50. The van der Waals surface area contributed by atoms with Gasteiger partial charge in [0.2, 0.25) is 0 Å². The molecule has 0 aliphatic carbocycles. The van der Waals surface area contributed by atoms with Crippen LogP contribution < -0.4 is 5.32 Å². The largest absolute Gasteiger partial charge is 0.468 e. The second kappa shape index (κ2) is 8.34. The average Bonchev–Trinajstić information content (AvgIpc) is 2.58. The fourth-order valence-electron chi connectivity index (χ4n) is 2.26. The first-order valence-corrected chi connectivity index (χ1v) is 7.50. The SMILES string of the molecule is COC(=O)CN(C)Cc1cccc(C(=O)Nc2cccc(F)c2F)c1. The molecule has 7 heteroatoms. The van der Waals surface area contributed by atoms with E-state index in [-0.39, 0.29) is 18.2 Å². The second-order valence-corrected chi connectivity index (χ2v) is 5.50. The van der Waals surface area contributed by atoms with Crippen molar-refractivity contribution in [2.45, 2.75) is 6.54 Å². The number of nitrogens with one attached hydrogen (secondary N) is 1. The number of nitrogens with zero attached hydrogens (tertiary/aromatic N) is 1. The summed E-state index contributed by atoms with van der Waals surface area (Å²) < 4.78 is 31.4. The summed E-state index contributed by atoms with van der Waals surface area (Å²) in [6.07, 6.45) is 0. The third-order valence-corrected chi connectivity index (χ3v) is 3.47. The summed E-state index contributed by atoms with van der Waals surface area (Å²) in [5.41, 5.74) is 0.865. The zero-order valence-electron chi connectivity index (χ0n) is 13.9. The standard InChI is InChI=1S/C18H18F2N2O3/c1-22(11-16(23)25-2)10-12-5-3-6-13(9-12)18(24)21-15-8-4-7-14(19)17(15)20/h3-9H,10-11H2,1-2H3,(H,21,24). The molecular weight excluding hydrogens is 330 g/mol. The molecule has 0 bridgehead atoms.